The van der Waals surface area contributed by atoms with Crippen LogP contribution in [0.4, 0.5) is 5.69 Å². The summed E-state index contributed by atoms with van der Waals surface area (Å²) in [5.74, 6) is 0.947. The zero-order valence-corrected chi connectivity index (χ0v) is 12.7. The van der Waals surface area contributed by atoms with Crippen LogP contribution in [-0.4, -0.2) is 9.55 Å². The van der Waals surface area contributed by atoms with Crippen LogP contribution in [0.15, 0.2) is 78.9 Å². The fourth-order valence-corrected chi connectivity index (χ4v) is 2.90. The van der Waals surface area contributed by atoms with E-state index < -0.39 is 0 Å². The fourth-order valence-electron chi connectivity index (χ4n) is 2.90. The average molecular weight is 299 g/mol. The zero-order valence-electron chi connectivity index (χ0n) is 12.7. The van der Waals surface area contributed by atoms with Gasteiger partial charge in [0, 0.05) is 17.8 Å². The molecule has 0 unspecified atom stereocenters. The number of fused-ring (bicyclic) bond motifs is 1. The molecule has 0 aliphatic rings. The molecular weight excluding hydrogens is 282 g/mol. The van der Waals surface area contributed by atoms with Crippen molar-refractivity contribution in [3.8, 4) is 11.4 Å². The molecule has 0 aliphatic carbocycles. The quantitative estimate of drug-likeness (QED) is 0.572. The number of nitrogen functional groups attached to an aromatic ring is 1. The predicted molar refractivity (Wildman–Crippen MR) is 95.1 cm³/mol. The van der Waals surface area contributed by atoms with E-state index in [-0.39, 0.29) is 0 Å². The third kappa shape index (κ3) is 2.57. The summed E-state index contributed by atoms with van der Waals surface area (Å²) < 4.78 is 2.25. The summed E-state index contributed by atoms with van der Waals surface area (Å²) in [7, 11) is 0. The molecule has 0 bridgehead atoms. The molecule has 0 amide bonds. The molecule has 0 spiro atoms. The highest BCUT2D eigenvalue weighted by Crippen LogP contribution is 2.27. The number of benzene rings is 3. The zero-order chi connectivity index (χ0) is 15.6. The third-order valence-electron chi connectivity index (χ3n) is 3.98. The van der Waals surface area contributed by atoms with Crippen molar-refractivity contribution in [2.45, 2.75) is 6.54 Å². The molecule has 3 nitrogen and oxygen atoms in total. The van der Waals surface area contributed by atoms with Crippen LogP contribution < -0.4 is 5.73 Å². The first-order valence-corrected chi connectivity index (χ1v) is 7.66. The Hall–Kier alpha value is -3.07. The van der Waals surface area contributed by atoms with Gasteiger partial charge in [0.2, 0.25) is 0 Å². The number of hydrogen-bond donors (Lipinski definition) is 1. The van der Waals surface area contributed by atoms with Gasteiger partial charge in [-0.3, -0.25) is 0 Å². The number of para-hydroxylation sites is 2. The lowest BCUT2D eigenvalue weighted by molar-refractivity contribution is 0.834. The smallest absolute Gasteiger partial charge is 0.141 e. The monoisotopic (exact) mass is 299 g/mol. The van der Waals surface area contributed by atoms with Crippen LogP contribution in [0.1, 0.15) is 5.56 Å². The van der Waals surface area contributed by atoms with Crippen LogP contribution >= 0.6 is 0 Å². The lowest BCUT2D eigenvalue weighted by Crippen LogP contribution is -2.02. The van der Waals surface area contributed by atoms with Crippen LogP contribution in [0.2, 0.25) is 0 Å². The van der Waals surface area contributed by atoms with E-state index in [1.54, 1.807) is 0 Å². The molecule has 2 N–H and O–H groups in total. The number of nitrogens with zero attached hydrogens (tertiary/aromatic N) is 2. The molecule has 0 radical (unpaired) electrons. The summed E-state index contributed by atoms with van der Waals surface area (Å²) in [6.07, 6.45) is 0. The summed E-state index contributed by atoms with van der Waals surface area (Å²) in [5.41, 5.74) is 11.1. The second kappa shape index (κ2) is 5.61. The Morgan fingerprint density at radius 2 is 1.61 bits per heavy atom. The van der Waals surface area contributed by atoms with Gasteiger partial charge in [-0.25, -0.2) is 4.98 Å². The van der Waals surface area contributed by atoms with Crippen molar-refractivity contribution >= 4 is 16.7 Å². The first kappa shape index (κ1) is 13.6. The Bertz CT molecular complexity index is 955. The van der Waals surface area contributed by atoms with Gasteiger partial charge >= 0.3 is 0 Å². The first-order valence-electron chi connectivity index (χ1n) is 7.66. The van der Waals surface area contributed by atoms with Gasteiger partial charge in [-0.1, -0.05) is 54.6 Å². The Balaban J connectivity index is 1.91. The Morgan fingerprint density at radius 1 is 0.826 bits per heavy atom. The highest BCUT2D eigenvalue weighted by molar-refractivity contribution is 5.81. The number of imidazole rings is 1. The molecule has 112 valence electrons. The summed E-state index contributed by atoms with van der Waals surface area (Å²) >= 11 is 0. The van der Waals surface area contributed by atoms with E-state index in [1.807, 2.05) is 36.4 Å². The molecule has 0 saturated heterocycles. The molecule has 1 aromatic heterocycles. The minimum absolute atomic E-state index is 0.751. The summed E-state index contributed by atoms with van der Waals surface area (Å²) in [6.45, 7) is 0.783. The van der Waals surface area contributed by atoms with Gasteiger partial charge in [-0.05, 0) is 29.8 Å². The molecule has 3 heteroatoms. The maximum absolute atomic E-state index is 5.96. The number of anilines is 1. The van der Waals surface area contributed by atoms with Crippen LogP contribution in [0.25, 0.3) is 22.4 Å². The number of rotatable bonds is 3. The third-order valence-corrected chi connectivity index (χ3v) is 3.98. The van der Waals surface area contributed by atoms with Crippen molar-refractivity contribution in [1.29, 1.82) is 0 Å². The minimum Gasteiger partial charge on any atom is -0.399 e. The van der Waals surface area contributed by atoms with Crippen molar-refractivity contribution in [1.82, 2.24) is 9.55 Å². The van der Waals surface area contributed by atoms with Gasteiger partial charge in [0.25, 0.3) is 0 Å². The Kier molecular flexibility index (Phi) is 3.31. The van der Waals surface area contributed by atoms with Crippen molar-refractivity contribution in [3.05, 3.63) is 84.4 Å². The molecule has 3 aromatic carbocycles. The van der Waals surface area contributed by atoms with Gasteiger partial charge in [-0.2, -0.15) is 0 Å². The lowest BCUT2D eigenvalue weighted by atomic mass is 10.1. The topological polar surface area (TPSA) is 43.8 Å². The maximum Gasteiger partial charge on any atom is 0.141 e. The van der Waals surface area contributed by atoms with Crippen molar-refractivity contribution in [3.63, 3.8) is 0 Å². The molecule has 1 heterocycles. The Morgan fingerprint density at radius 3 is 2.43 bits per heavy atom. The number of aromatic nitrogens is 2. The maximum atomic E-state index is 5.96. The molecule has 0 atom stereocenters. The number of nitrogens with two attached hydrogens (primary N) is 1. The van der Waals surface area contributed by atoms with Crippen molar-refractivity contribution in [2.75, 3.05) is 5.73 Å². The molecule has 0 fully saturated rings. The van der Waals surface area contributed by atoms with Crippen molar-refractivity contribution < 1.29 is 0 Å². The fraction of sp³-hybridized carbons (Fsp3) is 0.0500. The van der Waals surface area contributed by atoms with Gasteiger partial charge < -0.3 is 10.3 Å². The van der Waals surface area contributed by atoms with Crippen molar-refractivity contribution in [2.24, 2.45) is 0 Å². The van der Waals surface area contributed by atoms with E-state index in [2.05, 4.69) is 47.0 Å². The van der Waals surface area contributed by atoms with E-state index in [0.717, 1.165) is 34.7 Å². The van der Waals surface area contributed by atoms with Crippen LogP contribution in [-0.2, 0) is 6.54 Å². The number of hydrogen-bond acceptors (Lipinski definition) is 2. The summed E-state index contributed by atoms with van der Waals surface area (Å²) in [5, 5.41) is 0. The lowest BCUT2D eigenvalue weighted by Gasteiger charge is -2.10. The van der Waals surface area contributed by atoms with Gasteiger partial charge in [0.05, 0.1) is 11.0 Å². The highest BCUT2D eigenvalue weighted by Gasteiger charge is 2.12. The predicted octanol–water partition coefficient (Wildman–Crippen LogP) is 4.33. The Labute approximate surface area is 135 Å². The van der Waals surface area contributed by atoms with E-state index >= 15 is 0 Å². The van der Waals surface area contributed by atoms with Gasteiger partial charge in [0.1, 0.15) is 5.82 Å². The standard InChI is InChI=1S/C20H17N3/c21-17-10-6-9-16(13-17)20-22-18-11-4-5-12-19(18)23(20)14-15-7-2-1-3-8-15/h1-13H,14,21H2. The molecule has 0 saturated carbocycles. The molecule has 4 rings (SSSR count). The molecule has 23 heavy (non-hydrogen) atoms. The van der Waals surface area contributed by atoms with Crippen LogP contribution in [0.3, 0.4) is 0 Å². The second-order valence-corrected chi connectivity index (χ2v) is 5.62. The van der Waals surface area contributed by atoms with Gasteiger partial charge in [-0.15, -0.1) is 0 Å². The minimum atomic E-state index is 0.751. The van der Waals surface area contributed by atoms with E-state index in [0.29, 0.717) is 0 Å². The normalized spacial score (nSPS) is 11.0. The van der Waals surface area contributed by atoms with E-state index in [4.69, 9.17) is 10.7 Å². The SMILES string of the molecule is Nc1cccc(-c2nc3ccccc3n2Cc2ccccc2)c1. The van der Waals surface area contributed by atoms with Crippen LogP contribution in [0, 0.1) is 0 Å². The summed E-state index contributed by atoms with van der Waals surface area (Å²) in [4.78, 5) is 4.83. The van der Waals surface area contributed by atoms with E-state index in [1.165, 1.54) is 5.56 Å². The first-order chi connectivity index (χ1) is 11.3. The van der Waals surface area contributed by atoms with Gasteiger partial charge in [0.15, 0.2) is 0 Å². The largest absolute Gasteiger partial charge is 0.399 e. The average Bonchev–Trinajstić information content (AvgIpc) is 2.95. The highest BCUT2D eigenvalue weighted by atomic mass is 15.1. The second-order valence-electron chi connectivity index (χ2n) is 5.62. The molecule has 4 aromatic rings. The van der Waals surface area contributed by atoms with Crippen LogP contribution in [0.5, 0.6) is 0 Å². The molecule has 0 aliphatic heterocycles. The molecular formula is C20H17N3. The van der Waals surface area contributed by atoms with E-state index in [9.17, 15) is 0 Å². The summed E-state index contributed by atoms with van der Waals surface area (Å²) in [6, 6.07) is 26.6.